The molecule has 0 atom stereocenters. The molecule has 0 saturated heterocycles. The lowest BCUT2D eigenvalue weighted by atomic mass is 10.1. The zero-order valence-corrected chi connectivity index (χ0v) is 13.0. The summed E-state index contributed by atoms with van der Waals surface area (Å²) in [6.07, 6.45) is 3.27. The summed E-state index contributed by atoms with van der Waals surface area (Å²) in [5, 5.41) is 0. The van der Waals surface area contributed by atoms with E-state index in [9.17, 15) is 4.79 Å². The Morgan fingerprint density at radius 2 is 2.00 bits per heavy atom. The van der Waals surface area contributed by atoms with Crippen LogP contribution in [0, 0.1) is 13.8 Å². The zero-order valence-electron chi connectivity index (χ0n) is 13.0. The number of hydrogen-bond acceptors (Lipinski definition) is 2. The zero-order chi connectivity index (χ0) is 15.1. The summed E-state index contributed by atoms with van der Waals surface area (Å²) in [6.45, 7) is 7.04. The molecule has 21 heavy (non-hydrogen) atoms. The first-order valence-electron chi connectivity index (χ1n) is 7.73. The molecular formula is C17H23N3O. The second-order valence-electron chi connectivity index (χ2n) is 6.10. The molecule has 1 heterocycles. The van der Waals surface area contributed by atoms with Crippen molar-refractivity contribution in [3.05, 3.63) is 45.4 Å². The monoisotopic (exact) mass is 285 g/mol. The van der Waals surface area contributed by atoms with Crippen molar-refractivity contribution in [2.45, 2.75) is 52.5 Å². The van der Waals surface area contributed by atoms with Crippen molar-refractivity contribution in [1.82, 2.24) is 9.36 Å². The molecule has 1 fully saturated rings. The molecule has 2 aromatic rings. The van der Waals surface area contributed by atoms with Crippen LogP contribution < -0.4 is 11.3 Å². The maximum Gasteiger partial charge on any atom is 0.294 e. The van der Waals surface area contributed by atoms with Gasteiger partial charge >= 0.3 is 0 Å². The van der Waals surface area contributed by atoms with Gasteiger partial charge in [-0.3, -0.25) is 9.48 Å². The smallest absolute Gasteiger partial charge is 0.294 e. The minimum absolute atomic E-state index is 0.0703. The van der Waals surface area contributed by atoms with Gasteiger partial charge in [0.1, 0.15) is 5.69 Å². The van der Waals surface area contributed by atoms with Gasteiger partial charge in [0.25, 0.3) is 5.56 Å². The number of benzene rings is 1. The molecule has 2 N–H and O–H groups in total. The lowest BCUT2D eigenvalue weighted by Crippen LogP contribution is -2.23. The van der Waals surface area contributed by atoms with E-state index in [2.05, 4.69) is 29.8 Å². The summed E-state index contributed by atoms with van der Waals surface area (Å²) in [5.74, 6) is 0.468. The quantitative estimate of drug-likeness (QED) is 0.938. The number of nitrogen functional groups attached to an aromatic ring is 1. The molecule has 0 aliphatic heterocycles. The van der Waals surface area contributed by atoms with Gasteiger partial charge in [0, 0.05) is 12.5 Å². The summed E-state index contributed by atoms with van der Waals surface area (Å²) in [7, 11) is 0. The summed E-state index contributed by atoms with van der Waals surface area (Å²) in [6, 6.07) is 6.20. The van der Waals surface area contributed by atoms with Crippen LogP contribution in [0.1, 0.15) is 48.9 Å². The molecule has 0 unspecified atom stereocenters. The van der Waals surface area contributed by atoms with Crippen LogP contribution in [-0.2, 0) is 6.54 Å². The normalized spacial score (nSPS) is 14.6. The van der Waals surface area contributed by atoms with E-state index in [-0.39, 0.29) is 5.56 Å². The lowest BCUT2D eigenvalue weighted by molar-refractivity contribution is 0.513. The predicted octanol–water partition coefficient (Wildman–Crippen LogP) is 3.13. The first kappa shape index (κ1) is 14.0. The molecule has 1 aromatic carbocycles. The van der Waals surface area contributed by atoms with Crippen LogP contribution in [0.5, 0.6) is 0 Å². The van der Waals surface area contributed by atoms with Crippen LogP contribution in [0.4, 0.5) is 5.69 Å². The molecule has 3 rings (SSSR count). The fraction of sp³-hybridized carbons (Fsp3) is 0.471. The van der Waals surface area contributed by atoms with Gasteiger partial charge in [-0.05, 0) is 50.3 Å². The summed E-state index contributed by atoms with van der Waals surface area (Å²) >= 11 is 0. The third-order valence-electron chi connectivity index (χ3n) is 4.21. The molecule has 0 spiro atoms. The van der Waals surface area contributed by atoms with Gasteiger partial charge < -0.3 is 5.73 Å². The molecular weight excluding hydrogens is 262 g/mol. The van der Waals surface area contributed by atoms with E-state index >= 15 is 0 Å². The Morgan fingerprint density at radius 3 is 2.62 bits per heavy atom. The molecule has 1 aliphatic rings. The van der Waals surface area contributed by atoms with Gasteiger partial charge in [0.15, 0.2) is 0 Å². The first-order chi connectivity index (χ1) is 10.0. The van der Waals surface area contributed by atoms with E-state index in [0.29, 0.717) is 11.6 Å². The summed E-state index contributed by atoms with van der Waals surface area (Å²) in [4.78, 5) is 12.7. The highest BCUT2D eigenvalue weighted by atomic mass is 16.1. The van der Waals surface area contributed by atoms with Crippen molar-refractivity contribution in [3.8, 4) is 5.69 Å². The number of nitrogens with zero attached hydrogens (tertiary/aromatic N) is 2. The molecule has 0 bridgehead atoms. The van der Waals surface area contributed by atoms with E-state index in [4.69, 9.17) is 5.73 Å². The highest BCUT2D eigenvalue weighted by molar-refractivity contribution is 5.51. The molecule has 112 valence electrons. The molecule has 0 radical (unpaired) electrons. The number of nitrogens with two attached hydrogens (primary N) is 1. The summed E-state index contributed by atoms with van der Waals surface area (Å²) < 4.78 is 3.89. The maximum atomic E-state index is 12.7. The Kier molecular flexibility index (Phi) is 3.40. The van der Waals surface area contributed by atoms with E-state index < -0.39 is 0 Å². The van der Waals surface area contributed by atoms with E-state index in [0.717, 1.165) is 48.3 Å². The van der Waals surface area contributed by atoms with Gasteiger partial charge in [-0.2, -0.15) is 0 Å². The third-order valence-corrected chi connectivity index (χ3v) is 4.21. The van der Waals surface area contributed by atoms with Gasteiger partial charge in [-0.25, -0.2) is 4.68 Å². The topological polar surface area (TPSA) is 52.9 Å². The number of anilines is 1. The van der Waals surface area contributed by atoms with E-state index in [1.54, 1.807) is 4.68 Å². The van der Waals surface area contributed by atoms with Crippen molar-refractivity contribution in [3.63, 3.8) is 0 Å². The van der Waals surface area contributed by atoms with Crippen LogP contribution in [0.3, 0.4) is 0 Å². The highest BCUT2D eigenvalue weighted by Gasteiger charge is 2.32. The summed E-state index contributed by atoms with van der Waals surface area (Å²) in [5.41, 5.74) is 10.8. The molecule has 1 aromatic heterocycles. The molecule has 1 saturated carbocycles. The molecule has 0 amide bonds. The Bertz CT molecular complexity index is 735. The number of rotatable bonds is 4. The van der Waals surface area contributed by atoms with Crippen molar-refractivity contribution in [2.75, 3.05) is 5.73 Å². The van der Waals surface area contributed by atoms with Gasteiger partial charge in [0.05, 0.1) is 11.4 Å². The Hall–Kier alpha value is -1.97. The van der Waals surface area contributed by atoms with Crippen LogP contribution in [-0.4, -0.2) is 9.36 Å². The van der Waals surface area contributed by atoms with Crippen molar-refractivity contribution in [1.29, 1.82) is 0 Å². The second-order valence-corrected chi connectivity index (χ2v) is 6.10. The Morgan fingerprint density at radius 1 is 1.29 bits per heavy atom. The lowest BCUT2D eigenvalue weighted by Gasteiger charge is -2.16. The standard InChI is InChI=1S/C17H23N3O/c1-4-9-19-16(13-7-8-13)15(18)17(21)20(19)14-10-11(2)5-6-12(14)3/h5-6,10,13H,4,7-9,18H2,1-3H3. The SMILES string of the molecule is CCCn1c(C2CC2)c(N)c(=O)n1-c1cc(C)ccc1C. The molecule has 4 nitrogen and oxygen atoms in total. The van der Waals surface area contributed by atoms with Crippen molar-refractivity contribution < 1.29 is 0 Å². The average Bonchev–Trinajstić information content (AvgIpc) is 3.24. The highest BCUT2D eigenvalue weighted by Crippen LogP contribution is 2.42. The molecule has 1 aliphatic carbocycles. The largest absolute Gasteiger partial charge is 0.393 e. The van der Waals surface area contributed by atoms with Crippen LogP contribution >= 0.6 is 0 Å². The van der Waals surface area contributed by atoms with E-state index in [1.807, 2.05) is 13.8 Å². The van der Waals surface area contributed by atoms with Crippen LogP contribution in [0.2, 0.25) is 0 Å². The Balaban J connectivity index is 2.28. The van der Waals surface area contributed by atoms with Gasteiger partial charge in [-0.1, -0.05) is 19.1 Å². The fourth-order valence-electron chi connectivity index (χ4n) is 2.99. The Labute approximate surface area is 125 Å². The number of aromatic nitrogens is 2. The fourth-order valence-corrected chi connectivity index (χ4v) is 2.99. The maximum absolute atomic E-state index is 12.7. The van der Waals surface area contributed by atoms with Gasteiger partial charge in [-0.15, -0.1) is 0 Å². The minimum atomic E-state index is -0.0703. The first-order valence-corrected chi connectivity index (χ1v) is 7.73. The van der Waals surface area contributed by atoms with Crippen LogP contribution in [0.25, 0.3) is 5.69 Å². The van der Waals surface area contributed by atoms with E-state index in [1.165, 1.54) is 0 Å². The predicted molar refractivity (Wildman–Crippen MR) is 86.2 cm³/mol. The second kappa shape index (κ2) is 5.10. The number of aryl methyl sites for hydroxylation is 2. The third kappa shape index (κ3) is 2.28. The average molecular weight is 285 g/mol. The van der Waals surface area contributed by atoms with Gasteiger partial charge in [0.2, 0.25) is 0 Å². The van der Waals surface area contributed by atoms with Crippen molar-refractivity contribution in [2.24, 2.45) is 0 Å². The number of hydrogen-bond donors (Lipinski definition) is 1. The van der Waals surface area contributed by atoms with Crippen LogP contribution in [0.15, 0.2) is 23.0 Å². The molecule has 4 heteroatoms. The minimum Gasteiger partial charge on any atom is -0.393 e. The van der Waals surface area contributed by atoms with Crippen molar-refractivity contribution >= 4 is 5.69 Å².